The van der Waals surface area contributed by atoms with Gasteiger partial charge in [-0.3, -0.25) is 0 Å². The van der Waals surface area contributed by atoms with E-state index in [0.29, 0.717) is 22.5 Å². The van der Waals surface area contributed by atoms with Crippen molar-refractivity contribution < 1.29 is 0 Å². The third-order valence-corrected chi connectivity index (χ3v) is 3.09. The van der Waals surface area contributed by atoms with Gasteiger partial charge in [-0.1, -0.05) is 25.4 Å². The van der Waals surface area contributed by atoms with Gasteiger partial charge in [-0.2, -0.15) is 5.10 Å². The molecule has 0 aliphatic rings. The summed E-state index contributed by atoms with van der Waals surface area (Å²) in [7, 11) is 0. The molecule has 0 aliphatic heterocycles. The molecule has 5 nitrogen and oxygen atoms in total. The highest BCUT2D eigenvalue weighted by Gasteiger charge is 2.18. The molecule has 2 aromatic rings. The van der Waals surface area contributed by atoms with Crippen LogP contribution < -0.4 is 11.4 Å². The first kappa shape index (κ1) is 13.8. The smallest absolute Gasteiger partial charge is 0.321 e. The molecule has 102 valence electrons. The van der Waals surface area contributed by atoms with Crippen LogP contribution in [0.4, 0.5) is 0 Å². The lowest BCUT2D eigenvalue weighted by Crippen LogP contribution is -2.22. The van der Waals surface area contributed by atoms with Crippen molar-refractivity contribution >= 4 is 11.6 Å². The van der Waals surface area contributed by atoms with Crippen LogP contribution in [0.15, 0.2) is 29.1 Å². The summed E-state index contributed by atoms with van der Waals surface area (Å²) in [4.78, 5) is 11.9. The van der Waals surface area contributed by atoms with E-state index in [-0.39, 0.29) is 11.7 Å². The molecule has 2 rings (SSSR count). The topological polar surface area (TPSA) is 76.7 Å². The molecular weight excluding hydrogens is 264 g/mol. The van der Waals surface area contributed by atoms with Gasteiger partial charge in [-0.15, -0.1) is 0 Å². The molecule has 0 saturated heterocycles. The Morgan fingerprint density at radius 2 is 2.00 bits per heavy atom. The highest BCUT2D eigenvalue weighted by molar-refractivity contribution is 6.30. The van der Waals surface area contributed by atoms with Gasteiger partial charge in [0.2, 0.25) is 0 Å². The van der Waals surface area contributed by atoms with Crippen molar-refractivity contribution in [1.82, 2.24) is 14.8 Å². The number of nitrogens with one attached hydrogen (secondary N) is 1. The second-order valence-electron chi connectivity index (χ2n) is 4.93. The summed E-state index contributed by atoms with van der Waals surface area (Å²) in [6, 6.07) is 6.72. The number of H-pyrrole nitrogens is 1. The minimum absolute atomic E-state index is 0.283. The fourth-order valence-corrected chi connectivity index (χ4v) is 2.14. The van der Waals surface area contributed by atoms with Crippen LogP contribution in [0, 0.1) is 5.92 Å². The monoisotopic (exact) mass is 280 g/mol. The van der Waals surface area contributed by atoms with Crippen molar-refractivity contribution in [3.8, 4) is 5.69 Å². The zero-order valence-corrected chi connectivity index (χ0v) is 11.7. The van der Waals surface area contributed by atoms with Crippen molar-refractivity contribution in [1.29, 1.82) is 0 Å². The largest absolute Gasteiger partial charge is 0.347 e. The number of nitrogens with zero attached hydrogens (tertiary/aromatic N) is 2. The van der Waals surface area contributed by atoms with Gasteiger partial charge < -0.3 is 5.73 Å². The Balaban J connectivity index is 2.43. The third kappa shape index (κ3) is 3.05. The minimum atomic E-state index is -0.295. The first-order valence-electron chi connectivity index (χ1n) is 6.18. The predicted octanol–water partition coefficient (Wildman–Crippen LogP) is 2.26. The number of benzene rings is 1. The molecule has 0 fully saturated rings. The Morgan fingerprint density at radius 3 is 2.58 bits per heavy atom. The average Bonchev–Trinajstić information content (AvgIpc) is 2.71. The number of halogens is 1. The van der Waals surface area contributed by atoms with Crippen LogP contribution in [-0.4, -0.2) is 14.8 Å². The molecule has 0 spiro atoms. The van der Waals surface area contributed by atoms with Crippen molar-refractivity contribution in [3.05, 3.63) is 45.6 Å². The van der Waals surface area contributed by atoms with E-state index in [1.54, 1.807) is 24.3 Å². The minimum Gasteiger partial charge on any atom is -0.321 e. The van der Waals surface area contributed by atoms with Gasteiger partial charge in [0.1, 0.15) is 0 Å². The molecule has 3 N–H and O–H groups in total. The molecule has 1 heterocycles. The molecular formula is C13H17ClN4O. The Morgan fingerprint density at radius 1 is 1.37 bits per heavy atom. The van der Waals surface area contributed by atoms with Crippen molar-refractivity contribution in [3.63, 3.8) is 0 Å². The first-order chi connectivity index (χ1) is 8.99. The van der Waals surface area contributed by atoms with E-state index in [9.17, 15) is 4.79 Å². The lowest BCUT2D eigenvalue weighted by atomic mass is 10.0. The lowest BCUT2D eigenvalue weighted by Gasteiger charge is -2.14. The quantitative estimate of drug-likeness (QED) is 0.902. The first-order valence-corrected chi connectivity index (χ1v) is 6.55. The Bertz CT molecular complexity index is 600. The van der Waals surface area contributed by atoms with E-state index in [2.05, 4.69) is 24.0 Å². The van der Waals surface area contributed by atoms with Gasteiger partial charge in [0, 0.05) is 5.02 Å². The van der Waals surface area contributed by atoms with E-state index in [4.69, 9.17) is 17.3 Å². The molecule has 0 bridgehead atoms. The molecule has 6 heteroatoms. The van der Waals surface area contributed by atoms with Crippen molar-refractivity contribution in [2.24, 2.45) is 11.7 Å². The zero-order chi connectivity index (χ0) is 14.0. The summed E-state index contributed by atoms with van der Waals surface area (Å²) in [5, 5.41) is 7.10. The maximum absolute atomic E-state index is 11.9. The van der Waals surface area contributed by atoms with Gasteiger partial charge in [0.25, 0.3) is 0 Å². The summed E-state index contributed by atoms with van der Waals surface area (Å²) in [5.41, 5.74) is 6.52. The Kier molecular flexibility index (Phi) is 4.07. The van der Waals surface area contributed by atoms with E-state index in [0.717, 1.165) is 6.42 Å². The number of aromatic nitrogens is 3. The number of hydrogen-bond donors (Lipinski definition) is 2. The highest BCUT2D eigenvalue weighted by atomic mass is 35.5. The van der Waals surface area contributed by atoms with E-state index in [1.165, 1.54) is 4.57 Å². The van der Waals surface area contributed by atoms with Crippen LogP contribution >= 0.6 is 11.6 Å². The second kappa shape index (κ2) is 5.59. The van der Waals surface area contributed by atoms with E-state index in [1.807, 2.05) is 0 Å². The van der Waals surface area contributed by atoms with Gasteiger partial charge in [0.15, 0.2) is 5.82 Å². The van der Waals surface area contributed by atoms with Crippen LogP contribution in [0.25, 0.3) is 5.69 Å². The standard InChI is InChI=1S/C13H17ClN4O/c1-8(2)7-11(15)12-16-17-13(19)18(12)10-5-3-9(14)4-6-10/h3-6,8,11H,7,15H2,1-2H3,(H,17,19)/t11-/m0/s1. The molecule has 1 aromatic carbocycles. The second-order valence-corrected chi connectivity index (χ2v) is 5.37. The van der Waals surface area contributed by atoms with Crippen molar-refractivity contribution in [2.45, 2.75) is 26.3 Å². The number of aromatic amines is 1. The van der Waals surface area contributed by atoms with E-state index >= 15 is 0 Å². The molecule has 0 aliphatic carbocycles. The Hall–Kier alpha value is -1.59. The van der Waals surface area contributed by atoms with Crippen LogP contribution in [0.5, 0.6) is 0 Å². The molecule has 19 heavy (non-hydrogen) atoms. The zero-order valence-electron chi connectivity index (χ0n) is 10.9. The lowest BCUT2D eigenvalue weighted by molar-refractivity contribution is 0.487. The third-order valence-electron chi connectivity index (χ3n) is 2.84. The summed E-state index contributed by atoms with van der Waals surface area (Å²) in [6.45, 7) is 4.16. The maximum atomic E-state index is 11.9. The van der Waals surface area contributed by atoms with Crippen LogP contribution in [0.3, 0.4) is 0 Å². The van der Waals surface area contributed by atoms with Crippen LogP contribution in [-0.2, 0) is 0 Å². The molecule has 0 unspecified atom stereocenters. The SMILES string of the molecule is CC(C)C[C@H](N)c1n[nH]c(=O)n1-c1ccc(Cl)cc1. The van der Waals surface area contributed by atoms with Gasteiger partial charge >= 0.3 is 5.69 Å². The van der Waals surface area contributed by atoms with E-state index < -0.39 is 0 Å². The normalized spacial score (nSPS) is 12.9. The summed E-state index contributed by atoms with van der Waals surface area (Å²) < 4.78 is 1.49. The molecule has 1 atom stereocenters. The molecule has 0 saturated carbocycles. The van der Waals surface area contributed by atoms with Gasteiger partial charge in [-0.05, 0) is 36.6 Å². The Labute approximate surface area is 116 Å². The van der Waals surface area contributed by atoms with Gasteiger partial charge in [-0.25, -0.2) is 14.5 Å². The number of rotatable bonds is 4. The number of nitrogens with two attached hydrogens (primary N) is 1. The number of hydrogen-bond acceptors (Lipinski definition) is 3. The maximum Gasteiger partial charge on any atom is 0.347 e. The fraction of sp³-hybridized carbons (Fsp3) is 0.385. The summed E-state index contributed by atoms with van der Waals surface area (Å²) >= 11 is 5.85. The summed E-state index contributed by atoms with van der Waals surface area (Å²) in [6.07, 6.45) is 0.762. The fourth-order valence-electron chi connectivity index (χ4n) is 2.01. The van der Waals surface area contributed by atoms with Crippen molar-refractivity contribution in [2.75, 3.05) is 0 Å². The molecule has 0 radical (unpaired) electrons. The van der Waals surface area contributed by atoms with Crippen LogP contribution in [0.1, 0.15) is 32.1 Å². The summed E-state index contributed by atoms with van der Waals surface area (Å²) in [5.74, 6) is 0.974. The predicted molar refractivity (Wildman–Crippen MR) is 75.6 cm³/mol. The molecule has 0 amide bonds. The van der Waals surface area contributed by atoms with Gasteiger partial charge in [0.05, 0.1) is 11.7 Å². The van der Waals surface area contributed by atoms with Crippen LogP contribution in [0.2, 0.25) is 5.02 Å². The highest BCUT2D eigenvalue weighted by Crippen LogP contribution is 2.19. The average molecular weight is 281 g/mol. The molecule has 1 aromatic heterocycles.